The minimum absolute atomic E-state index is 0.161. The summed E-state index contributed by atoms with van der Waals surface area (Å²) in [7, 11) is -3.68. The predicted octanol–water partition coefficient (Wildman–Crippen LogP) is 38.8. The van der Waals surface area contributed by atoms with Crippen LogP contribution in [0.3, 0.4) is 0 Å². The topological polar surface area (TPSA) is 6.48 Å². The standard InChI is InChI=1S/C61H105NSi.C60H103NSi/c1-13-15-17-19-21-23-25-27-29-34-38-61(39-35-30-28-26-24-22-20-18-16-14-2)53-44-50-48(42-47(3)57(50)63(11,12)62(58(4,5)6)49-36-32-31-33-37-49)43-51(53)52-45-55-56(46-54(52)61)60(9,10)41-40-59(55,7)8;1-12-14-16-18-20-22-24-26-28-33-39-60(40-34-29-27-25-23-21-19-17-15-13-2)52-44-49-47(37-38-56(49)62(10,11)61(57(3,4)5)48-35-31-30-32-36-48)43-50(52)51-45-54-55(46-53(51)60)59(8,9)42-41-58(54,6)7/h43-50,57H,13-42H2,1-12H3;43-49,56H,12-42H2,1-11H3. The summed E-state index contributed by atoms with van der Waals surface area (Å²) in [5.74, 6) is 3.56. The number of hydrogen-bond donors (Lipinski definition) is 0. The van der Waals surface area contributed by atoms with Gasteiger partial charge in [0.1, 0.15) is 16.5 Å². The first-order chi connectivity index (χ1) is 59.6. The fraction of sp³-hybridized carbons (Fsp3) is 0.835. The Morgan fingerprint density at radius 1 is 0.312 bits per heavy atom. The monoisotopic (exact) mass is 1750 g/mol. The van der Waals surface area contributed by atoms with Crippen LogP contribution in [0.15, 0.2) is 59.7 Å². The van der Waals surface area contributed by atoms with Crippen molar-refractivity contribution in [2.24, 2.45) is 29.6 Å². The van der Waals surface area contributed by atoms with Crippen LogP contribution in [-0.4, -0.2) is 48.8 Å². The molecule has 10 aliphatic rings. The van der Waals surface area contributed by atoms with E-state index in [9.17, 15) is 0 Å². The number of unbranched alkanes of at least 4 members (excludes halogenated alkanes) is 36. The summed E-state index contributed by atoms with van der Waals surface area (Å²) in [6, 6.07) is 13.0. The van der Waals surface area contributed by atoms with Crippen molar-refractivity contribution in [1.82, 2.24) is 9.13 Å². The molecule has 4 saturated carbocycles. The van der Waals surface area contributed by atoms with Gasteiger partial charge < -0.3 is 9.13 Å². The van der Waals surface area contributed by atoms with E-state index < -0.39 is 16.5 Å². The van der Waals surface area contributed by atoms with Gasteiger partial charge in [-0.1, -0.05) is 467 Å². The van der Waals surface area contributed by atoms with Crippen molar-refractivity contribution in [3.05, 3.63) is 104 Å². The fourth-order valence-corrected chi connectivity index (χ4v) is 41.8. The Balaban J connectivity index is 0.000000243. The third-order valence-electron chi connectivity index (χ3n) is 36.7. The summed E-state index contributed by atoms with van der Waals surface area (Å²) in [5, 5.41) is 0. The minimum Gasteiger partial charge on any atom is -0.316 e. The van der Waals surface area contributed by atoms with Gasteiger partial charge in [0, 0.05) is 34.0 Å². The third-order valence-corrected chi connectivity index (χ3v) is 46.4. The summed E-state index contributed by atoms with van der Waals surface area (Å²) in [6.07, 6.45) is 98.1. The van der Waals surface area contributed by atoms with Gasteiger partial charge in [0.15, 0.2) is 0 Å². The molecule has 0 saturated heterocycles. The molecule has 710 valence electrons. The van der Waals surface area contributed by atoms with Crippen LogP contribution in [0.5, 0.6) is 0 Å². The van der Waals surface area contributed by atoms with Gasteiger partial charge >= 0.3 is 0 Å². The molecule has 0 spiro atoms. The highest BCUT2D eigenvalue weighted by Gasteiger charge is 2.60. The molecule has 0 aromatic heterocycles. The molecular formula is C121H208N2Si2. The first kappa shape index (κ1) is 103. The van der Waals surface area contributed by atoms with E-state index in [0.717, 1.165) is 29.1 Å². The van der Waals surface area contributed by atoms with Crippen molar-refractivity contribution >= 4 is 27.6 Å². The van der Waals surface area contributed by atoms with Gasteiger partial charge in [-0.15, -0.1) is 0 Å². The average Bonchev–Trinajstić information content (AvgIpc) is 1.54. The Morgan fingerprint density at radius 2 is 0.592 bits per heavy atom. The SMILES string of the molecule is CCCCCCCCCCCCC1(CCCCCCCCCCCC)C2=CC3C(C=C2c2cc4c(cc21)C(C)(C)CCC4(C)C)CC(C)C3[Si](C)(C)N(C1CCCCC1)C(C)(C)C.CCCCCCCCCCCCC1(CCCCCCCCCCCC)C2=CC3C(C=C2c2cc4c(cc21)C(C)(C)CCC4(C)C)CCC3[Si](C)(C)N(C1CCCCC1)C(C)(C)C. The zero-order chi connectivity index (χ0) is 90.1. The normalized spacial score (nSPS) is 24.6. The van der Waals surface area contributed by atoms with Crippen molar-refractivity contribution in [2.45, 2.75) is 616 Å². The number of hydrogen-bond acceptors (Lipinski definition) is 2. The van der Waals surface area contributed by atoms with E-state index in [2.05, 4.69) is 215 Å². The van der Waals surface area contributed by atoms with Crippen LogP contribution in [0.4, 0.5) is 0 Å². The van der Waals surface area contributed by atoms with Gasteiger partial charge in [-0.05, 0) is 261 Å². The Bertz CT molecular complexity index is 3680. The van der Waals surface area contributed by atoms with Crippen molar-refractivity contribution in [2.75, 3.05) is 0 Å². The fourth-order valence-electron chi connectivity index (χ4n) is 30.3. The first-order valence-electron chi connectivity index (χ1n) is 56.5. The van der Waals surface area contributed by atoms with Gasteiger partial charge in [-0.2, -0.15) is 0 Å². The average molecular weight is 1750 g/mol. The van der Waals surface area contributed by atoms with Crippen LogP contribution >= 0.6 is 0 Å². The summed E-state index contributed by atoms with van der Waals surface area (Å²) in [6.45, 7) is 59.4. The molecule has 0 N–H and O–H groups in total. The number of fused-ring (bicyclic) bond motifs is 10. The molecule has 7 atom stereocenters. The molecule has 0 amide bonds. The van der Waals surface area contributed by atoms with Crippen molar-refractivity contribution in [3.8, 4) is 0 Å². The number of allylic oxidation sites excluding steroid dienone is 8. The largest absolute Gasteiger partial charge is 0.316 e. The van der Waals surface area contributed by atoms with E-state index in [1.165, 1.54) is 392 Å². The van der Waals surface area contributed by atoms with Gasteiger partial charge in [0.25, 0.3) is 0 Å². The van der Waals surface area contributed by atoms with E-state index in [1.54, 1.807) is 55.7 Å². The predicted molar refractivity (Wildman–Crippen MR) is 561 cm³/mol. The molecule has 0 bridgehead atoms. The molecule has 0 aliphatic heterocycles. The molecule has 125 heavy (non-hydrogen) atoms. The van der Waals surface area contributed by atoms with E-state index in [-0.39, 0.29) is 43.6 Å². The number of rotatable bonds is 50. The Hall–Kier alpha value is -2.25. The highest BCUT2D eigenvalue weighted by Crippen LogP contribution is 2.67. The van der Waals surface area contributed by atoms with Gasteiger partial charge in [-0.25, -0.2) is 0 Å². The Kier molecular flexibility index (Phi) is 38.3. The summed E-state index contributed by atoms with van der Waals surface area (Å²) < 4.78 is 6.44. The Morgan fingerprint density at radius 3 is 0.904 bits per heavy atom. The van der Waals surface area contributed by atoms with Crippen molar-refractivity contribution in [1.29, 1.82) is 0 Å². The smallest absolute Gasteiger partial charge is 0.127 e. The van der Waals surface area contributed by atoms with Crippen LogP contribution in [0.25, 0.3) is 11.1 Å². The van der Waals surface area contributed by atoms with E-state index in [4.69, 9.17) is 0 Å². The molecule has 2 aromatic rings. The summed E-state index contributed by atoms with van der Waals surface area (Å²) in [5.41, 5.74) is 24.1. The van der Waals surface area contributed by atoms with Gasteiger partial charge in [0.2, 0.25) is 0 Å². The lowest BCUT2D eigenvalue weighted by Crippen LogP contribution is -2.65. The molecule has 2 aromatic carbocycles. The number of nitrogens with zero attached hydrogens (tertiary/aromatic N) is 2. The maximum atomic E-state index is 3.23. The van der Waals surface area contributed by atoms with E-state index in [1.807, 2.05) is 11.1 Å². The molecule has 4 fully saturated rings. The van der Waals surface area contributed by atoms with E-state index >= 15 is 0 Å². The highest BCUT2D eigenvalue weighted by atomic mass is 28.3. The quantitative estimate of drug-likeness (QED) is 0.0481. The van der Waals surface area contributed by atoms with Gasteiger partial charge in [0.05, 0.1) is 0 Å². The van der Waals surface area contributed by atoms with E-state index in [0.29, 0.717) is 23.7 Å². The van der Waals surface area contributed by atoms with Crippen molar-refractivity contribution < 1.29 is 0 Å². The molecule has 0 heterocycles. The molecule has 2 nitrogen and oxygen atoms in total. The van der Waals surface area contributed by atoms with Crippen LogP contribution < -0.4 is 0 Å². The lowest BCUT2D eigenvalue weighted by Gasteiger charge is -2.56. The summed E-state index contributed by atoms with van der Waals surface area (Å²) in [4.78, 5) is 0. The third kappa shape index (κ3) is 24.9. The second-order valence-electron chi connectivity index (χ2n) is 51.0. The first-order valence-corrected chi connectivity index (χ1v) is 62.5. The maximum absolute atomic E-state index is 3.23. The van der Waals surface area contributed by atoms with Crippen LogP contribution in [0, 0.1) is 29.6 Å². The zero-order valence-corrected chi connectivity index (χ0v) is 89.8. The molecule has 10 aliphatic carbocycles. The zero-order valence-electron chi connectivity index (χ0n) is 87.8. The van der Waals surface area contributed by atoms with Crippen molar-refractivity contribution in [3.63, 3.8) is 0 Å². The molecule has 7 unspecified atom stereocenters. The minimum atomic E-state index is -1.87. The van der Waals surface area contributed by atoms with Gasteiger partial charge in [-0.3, -0.25) is 0 Å². The molecule has 4 heteroatoms. The maximum Gasteiger partial charge on any atom is 0.127 e. The molecular weight excluding hydrogens is 1540 g/mol. The lowest BCUT2D eigenvalue weighted by molar-refractivity contribution is 0.138. The summed E-state index contributed by atoms with van der Waals surface area (Å²) >= 11 is 0. The number of benzene rings is 2. The molecule has 0 radical (unpaired) electrons. The van der Waals surface area contributed by atoms with Crippen LogP contribution in [0.2, 0.25) is 37.3 Å². The van der Waals surface area contributed by atoms with Crippen LogP contribution in [-0.2, 0) is 32.5 Å². The highest BCUT2D eigenvalue weighted by molar-refractivity contribution is 6.77. The van der Waals surface area contributed by atoms with Crippen LogP contribution in [0.1, 0.15) is 568 Å². The second kappa shape index (κ2) is 46.3. The Labute approximate surface area is 781 Å². The lowest BCUT2D eigenvalue weighted by atomic mass is 9.61. The molecule has 12 rings (SSSR count). The second-order valence-corrected chi connectivity index (χ2v) is 60.0.